The Hall–Kier alpha value is -2.55. The smallest absolute Gasteiger partial charge is 0.478 e. The molecule has 0 spiro atoms. The van der Waals surface area contributed by atoms with Crippen molar-refractivity contribution in [2.75, 3.05) is 4.72 Å². The molecule has 0 aliphatic heterocycles. The molecular formula is C17H16F3NO4S. The number of aryl methyl sites for hydroxylation is 2. The molecule has 2 rings (SSSR count). The third-order valence-corrected chi connectivity index (χ3v) is 4.75. The first-order valence-corrected chi connectivity index (χ1v) is 9.08. The molecule has 140 valence electrons. The van der Waals surface area contributed by atoms with Crippen LogP contribution < -0.4 is 4.72 Å². The van der Waals surface area contributed by atoms with E-state index in [0.717, 1.165) is 5.56 Å². The van der Waals surface area contributed by atoms with E-state index in [0.29, 0.717) is 24.8 Å². The van der Waals surface area contributed by atoms with E-state index >= 15 is 0 Å². The summed E-state index contributed by atoms with van der Waals surface area (Å²) in [4.78, 5) is 10.9. The van der Waals surface area contributed by atoms with Gasteiger partial charge in [0.1, 0.15) is 0 Å². The lowest BCUT2D eigenvalue weighted by molar-refractivity contribution is -0.0429. The van der Waals surface area contributed by atoms with Crippen molar-refractivity contribution in [3.63, 3.8) is 0 Å². The van der Waals surface area contributed by atoms with Crippen molar-refractivity contribution in [1.29, 1.82) is 0 Å². The maximum Gasteiger partial charge on any atom is 0.516 e. The van der Waals surface area contributed by atoms with Crippen molar-refractivity contribution in [3.8, 4) is 0 Å². The van der Waals surface area contributed by atoms with Crippen LogP contribution in [0.15, 0.2) is 48.5 Å². The number of aromatic carboxylic acids is 1. The predicted octanol–water partition coefficient (Wildman–Crippen LogP) is 3.82. The minimum atomic E-state index is -5.48. The first-order valence-electron chi connectivity index (χ1n) is 7.59. The van der Waals surface area contributed by atoms with Gasteiger partial charge in [-0.05, 0) is 48.6 Å². The zero-order chi connectivity index (χ0) is 19.4. The Labute approximate surface area is 148 Å². The second kappa shape index (κ2) is 7.77. The fraction of sp³-hybridized carbons (Fsp3) is 0.235. The Morgan fingerprint density at radius 1 is 1.04 bits per heavy atom. The van der Waals surface area contributed by atoms with E-state index < -0.39 is 21.5 Å². The zero-order valence-corrected chi connectivity index (χ0v) is 14.3. The molecule has 0 aromatic heterocycles. The molecule has 0 atom stereocenters. The summed E-state index contributed by atoms with van der Waals surface area (Å²) in [6, 6.07) is 12.2. The molecule has 0 saturated heterocycles. The van der Waals surface area contributed by atoms with Gasteiger partial charge < -0.3 is 5.11 Å². The van der Waals surface area contributed by atoms with Crippen LogP contribution in [0.25, 0.3) is 0 Å². The van der Waals surface area contributed by atoms with E-state index in [-0.39, 0.29) is 11.3 Å². The summed E-state index contributed by atoms with van der Waals surface area (Å²) in [6.45, 7) is 0. The molecule has 9 heteroatoms. The maximum absolute atomic E-state index is 12.5. The Balaban J connectivity index is 2.07. The molecule has 5 nitrogen and oxygen atoms in total. The number of rotatable bonds is 7. The third-order valence-electron chi connectivity index (χ3n) is 3.65. The lowest BCUT2D eigenvalue weighted by Gasteiger charge is -2.14. The average molecular weight is 387 g/mol. The number of alkyl halides is 3. The first-order chi connectivity index (χ1) is 12.1. The van der Waals surface area contributed by atoms with Crippen molar-refractivity contribution in [2.45, 2.75) is 24.8 Å². The standard InChI is InChI=1S/C17H16F3NO4S/c18-17(19,20)26(24,25)21-15-10-2-1-7-13(15)8-3-5-12-6-4-9-14(11-12)16(22)23/h1-2,4,6-7,9-11,21H,3,5,8H2,(H,22,23). The summed E-state index contributed by atoms with van der Waals surface area (Å²) in [7, 11) is -5.48. The summed E-state index contributed by atoms with van der Waals surface area (Å²) < 4.78 is 61.7. The molecule has 0 bridgehead atoms. The van der Waals surface area contributed by atoms with Crippen LogP contribution in [0, 0.1) is 0 Å². The van der Waals surface area contributed by atoms with Gasteiger partial charge in [-0.1, -0.05) is 30.3 Å². The van der Waals surface area contributed by atoms with Gasteiger partial charge in [-0.2, -0.15) is 21.6 Å². The number of para-hydroxylation sites is 1. The number of anilines is 1. The van der Waals surface area contributed by atoms with Gasteiger partial charge in [0, 0.05) is 0 Å². The fourth-order valence-electron chi connectivity index (χ4n) is 2.38. The molecule has 0 radical (unpaired) electrons. The van der Waals surface area contributed by atoms with E-state index in [2.05, 4.69) is 0 Å². The van der Waals surface area contributed by atoms with Crippen LogP contribution in [0.3, 0.4) is 0 Å². The Bertz CT molecular complexity index is 895. The zero-order valence-electron chi connectivity index (χ0n) is 13.5. The van der Waals surface area contributed by atoms with E-state index in [4.69, 9.17) is 5.11 Å². The average Bonchev–Trinajstić information content (AvgIpc) is 2.55. The lowest BCUT2D eigenvalue weighted by atomic mass is 10.0. The molecule has 2 N–H and O–H groups in total. The van der Waals surface area contributed by atoms with Gasteiger partial charge in [0.05, 0.1) is 11.3 Å². The minimum absolute atomic E-state index is 0.121. The quantitative estimate of drug-likeness (QED) is 0.757. The molecular weight excluding hydrogens is 371 g/mol. The molecule has 26 heavy (non-hydrogen) atoms. The van der Waals surface area contributed by atoms with E-state index in [1.165, 1.54) is 24.3 Å². The van der Waals surface area contributed by atoms with Gasteiger partial charge in [0.25, 0.3) is 0 Å². The van der Waals surface area contributed by atoms with Crippen molar-refractivity contribution < 1.29 is 31.5 Å². The molecule has 0 aliphatic rings. The Morgan fingerprint density at radius 2 is 1.73 bits per heavy atom. The number of carboxylic acids is 1. The number of halogens is 3. The molecule has 0 fully saturated rings. The molecule has 0 unspecified atom stereocenters. The van der Waals surface area contributed by atoms with Gasteiger partial charge in [0.15, 0.2) is 0 Å². The SMILES string of the molecule is O=C(O)c1cccc(CCCc2ccccc2NS(=O)(=O)C(F)(F)F)c1. The van der Waals surface area contributed by atoms with Crippen molar-refractivity contribution in [2.24, 2.45) is 0 Å². The van der Waals surface area contributed by atoms with Crippen LogP contribution in [0.4, 0.5) is 18.9 Å². The van der Waals surface area contributed by atoms with Crippen molar-refractivity contribution in [1.82, 2.24) is 0 Å². The third kappa shape index (κ3) is 4.98. The molecule has 2 aromatic carbocycles. The highest BCUT2D eigenvalue weighted by molar-refractivity contribution is 7.93. The summed E-state index contributed by atoms with van der Waals surface area (Å²) in [6.07, 6.45) is 1.34. The van der Waals surface area contributed by atoms with Crippen LogP contribution in [0.1, 0.15) is 27.9 Å². The van der Waals surface area contributed by atoms with Crippen LogP contribution in [0.2, 0.25) is 0 Å². The minimum Gasteiger partial charge on any atom is -0.478 e. The molecule has 0 heterocycles. The molecule has 2 aromatic rings. The van der Waals surface area contributed by atoms with E-state index in [1.807, 2.05) is 0 Å². The summed E-state index contributed by atoms with van der Waals surface area (Å²) in [5, 5.41) is 8.97. The fourth-order valence-corrected chi connectivity index (χ4v) is 2.99. The highest BCUT2D eigenvalue weighted by Crippen LogP contribution is 2.27. The highest BCUT2D eigenvalue weighted by Gasteiger charge is 2.46. The van der Waals surface area contributed by atoms with Crippen molar-refractivity contribution in [3.05, 3.63) is 65.2 Å². The van der Waals surface area contributed by atoms with Gasteiger partial charge in [-0.3, -0.25) is 4.72 Å². The van der Waals surface area contributed by atoms with Gasteiger partial charge in [-0.15, -0.1) is 0 Å². The summed E-state index contributed by atoms with van der Waals surface area (Å²) in [5.41, 5.74) is -4.16. The largest absolute Gasteiger partial charge is 0.516 e. The molecule has 0 saturated carbocycles. The number of sulfonamides is 1. The number of carboxylic acid groups (broad SMARTS) is 1. The van der Waals surface area contributed by atoms with E-state index in [9.17, 15) is 26.4 Å². The number of hydrogen-bond acceptors (Lipinski definition) is 3. The van der Waals surface area contributed by atoms with Gasteiger partial charge in [-0.25, -0.2) is 4.79 Å². The van der Waals surface area contributed by atoms with Gasteiger partial charge in [0.2, 0.25) is 0 Å². The maximum atomic E-state index is 12.5. The molecule has 0 amide bonds. The predicted molar refractivity (Wildman–Crippen MR) is 90.5 cm³/mol. The topological polar surface area (TPSA) is 83.5 Å². The first kappa shape index (κ1) is 19.8. The Morgan fingerprint density at radius 3 is 2.38 bits per heavy atom. The van der Waals surface area contributed by atoms with E-state index in [1.54, 1.807) is 29.0 Å². The second-order valence-electron chi connectivity index (χ2n) is 5.57. The van der Waals surface area contributed by atoms with Crippen LogP contribution >= 0.6 is 0 Å². The summed E-state index contributed by atoms with van der Waals surface area (Å²) in [5.74, 6) is -1.04. The monoisotopic (exact) mass is 387 g/mol. The number of hydrogen-bond donors (Lipinski definition) is 2. The van der Waals surface area contributed by atoms with Crippen LogP contribution in [-0.4, -0.2) is 25.0 Å². The Kier molecular flexibility index (Phi) is 5.91. The highest BCUT2D eigenvalue weighted by atomic mass is 32.2. The van der Waals surface area contributed by atoms with Gasteiger partial charge >= 0.3 is 21.5 Å². The number of benzene rings is 2. The lowest BCUT2D eigenvalue weighted by Crippen LogP contribution is -2.30. The summed E-state index contributed by atoms with van der Waals surface area (Å²) >= 11 is 0. The van der Waals surface area contributed by atoms with Crippen LogP contribution in [-0.2, 0) is 22.9 Å². The molecule has 0 aliphatic carbocycles. The van der Waals surface area contributed by atoms with Crippen molar-refractivity contribution >= 4 is 21.7 Å². The normalized spacial score (nSPS) is 12.0. The number of carbonyl (C=O) groups is 1. The van der Waals surface area contributed by atoms with Crippen LogP contribution in [0.5, 0.6) is 0 Å². The second-order valence-corrected chi connectivity index (χ2v) is 7.24. The number of nitrogens with one attached hydrogen (secondary N) is 1.